The Hall–Kier alpha value is -3.66. The number of fused-ring (bicyclic) bond motifs is 2. The first-order valence-electron chi connectivity index (χ1n) is 8.60. The zero-order valence-electron chi connectivity index (χ0n) is 15.5. The highest BCUT2D eigenvalue weighted by molar-refractivity contribution is 6.29. The third-order valence-corrected chi connectivity index (χ3v) is 4.60. The number of benzene rings is 1. The minimum atomic E-state index is -0.590. The number of imidazole rings is 1. The lowest BCUT2D eigenvalue weighted by Crippen LogP contribution is -2.29. The average molecular weight is 414 g/mol. The Kier molecular flexibility index (Phi) is 4.55. The highest BCUT2D eigenvalue weighted by Gasteiger charge is 2.17. The number of aryl methyl sites for hydroxylation is 1. The van der Waals surface area contributed by atoms with E-state index in [4.69, 9.17) is 11.6 Å². The summed E-state index contributed by atoms with van der Waals surface area (Å²) in [7, 11) is 1.49. The van der Waals surface area contributed by atoms with E-state index < -0.39 is 11.2 Å². The van der Waals surface area contributed by atoms with Crippen molar-refractivity contribution in [2.75, 3.05) is 0 Å². The van der Waals surface area contributed by atoms with E-state index in [1.165, 1.54) is 16.2 Å². The van der Waals surface area contributed by atoms with Crippen LogP contribution in [0.2, 0.25) is 0 Å². The zero-order valence-corrected chi connectivity index (χ0v) is 16.2. The van der Waals surface area contributed by atoms with Crippen LogP contribution in [-0.4, -0.2) is 29.2 Å². The van der Waals surface area contributed by atoms with Crippen molar-refractivity contribution in [3.63, 3.8) is 0 Å². The van der Waals surface area contributed by atoms with E-state index >= 15 is 0 Å². The number of hydrogen-bond donors (Lipinski definition) is 3. The molecule has 0 saturated heterocycles. The number of halogens is 1. The average Bonchev–Trinajstić information content (AvgIpc) is 3.20. The van der Waals surface area contributed by atoms with Gasteiger partial charge in [-0.25, -0.2) is 4.79 Å². The van der Waals surface area contributed by atoms with E-state index in [0.29, 0.717) is 15.9 Å². The molecule has 148 valence electrons. The maximum atomic E-state index is 12.4. The lowest BCUT2D eigenvalue weighted by atomic mass is 10.2. The molecule has 29 heavy (non-hydrogen) atoms. The van der Waals surface area contributed by atoms with Gasteiger partial charge in [0, 0.05) is 24.0 Å². The maximum absolute atomic E-state index is 12.4. The van der Waals surface area contributed by atoms with Crippen molar-refractivity contribution in [1.29, 1.82) is 0 Å². The second-order valence-electron chi connectivity index (χ2n) is 6.37. The van der Waals surface area contributed by atoms with Crippen molar-refractivity contribution in [3.8, 4) is 5.88 Å². The highest BCUT2D eigenvalue weighted by Crippen LogP contribution is 2.36. The number of nitrogens with zero attached hydrogens (tertiary/aromatic N) is 5. The first kappa shape index (κ1) is 18.7. The van der Waals surface area contributed by atoms with Crippen LogP contribution in [0.25, 0.3) is 22.1 Å². The normalized spacial score (nSPS) is 12.6. The molecule has 0 aliphatic carbocycles. The number of rotatable bonds is 4. The summed E-state index contributed by atoms with van der Waals surface area (Å²) >= 11 is 5.93. The van der Waals surface area contributed by atoms with Gasteiger partial charge in [0.15, 0.2) is 16.9 Å². The van der Waals surface area contributed by atoms with Crippen molar-refractivity contribution in [2.45, 2.75) is 13.5 Å². The van der Waals surface area contributed by atoms with E-state index in [0.717, 1.165) is 0 Å². The fourth-order valence-electron chi connectivity index (χ4n) is 3.00. The number of aromatic amines is 2. The molecule has 0 spiro atoms. The smallest absolute Gasteiger partial charge is 0.329 e. The molecule has 3 aromatic heterocycles. The van der Waals surface area contributed by atoms with E-state index in [1.807, 2.05) is 12.1 Å². The molecule has 0 amide bonds. The summed E-state index contributed by atoms with van der Waals surface area (Å²) in [6, 6.07) is 7.23. The van der Waals surface area contributed by atoms with E-state index in [1.54, 1.807) is 25.1 Å². The Balaban J connectivity index is 1.92. The van der Waals surface area contributed by atoms with Crippen molar-refractivity contribution in [1.82, 2.24) is 24.1 Å². The Morgan fingerprint density at radius 3 is 2.79 bits per heavy atom. The van der Waals surface area contributed by atoms with Crippen LogP contribution in [-0.2, 0) is 13.6 Å². The number of hydrogen-bond acceptors (Lipinski definition) is 6. The van der Waals surface area contributed by atoms with Gasteiger partial charge in [-0.1, -0.05) is 35.9 Å². The lowest BCUT2D eigenvalue weighted by molar-refractivity contribution is 0.459. The summed E-state index contributed by atoms with van der Waals surface area (Å²) in [6.45, 7) is 1.90. The highest BCUT2D eigenvalue weighted by atomic mass is 35.5. The number of para-hydroxylation sites is 1. The Morgan fingerprint density at radius 1 is 1.28 bits per heavy atom. The summed E-state index contributed by atoms with van der Waals surface area (Å²) in [5, 5.41) is 19.6. The molecule has 0 unspecified atom stereocenters. The summed E-state index contributed by atoms with van der Waals surface area (Å²) in [6.07, 6.45) is 1.68. The largest absolute Gasteiger partial charge is 0.493 e. The Labute approximate surface area is 167 Å². The van der Waals surface area contributed by atoms with Crippen LogP contribution in [0, 0.1) is 0 Å². The maximum Gasteiger partial charge on any atom is 0.329 e. The fourth-order valence-corrected chi connectivity index (χ4v) is 3.07. The predicted octanol–water partition coefficient (Wildman–Crippen LogP) is 3.17. The van der Waals surface area contributed by atoms with Crippen molar-refractivity contribution in [3.05, 3.63) is 56.2 Å². The molecule has 0 aliphatic heterocycles. The Bertz CT molecular complexity index is 1420. The first-order chi connectivity index (χ1) is 13.9. The number of azo groups is 1. The molecule has 11 heteroatoms. The van der Waals surface area contributed by atoms with Gasteiger partial charge in [-0.05, 0) is 13.0 Å². The zero-order chi connectivity index (χ0) is 20.7. The number of aromatic hydroxyl groups is 1. The van der Waals surface area contributed by atoms with Crippen molar-refractivity contribution in [2.24, 2.45) is 17.3 Å². The third kappa shape index (κ3) is 3.23. The van der Waals surface area contributed by atoms with Crippen molar-refractivity contribution < 1.29 is 5.11 Å². The minimum Gasteiger partial charge on any atom is -0.493 e. The number of aromatic nitrogens is 5. The summed E-state index contributed by atoms with van der Waals surface area (Å²) in [5.74, 6) is -0.0510. The van der Waals surface area contributed by atoms with Gasteiger partial charge in [0.2, 0.25) is 5.88 Å². The third-order valence-electron chi connectivity index (χ3n) is 4.44. The van der Waals surface area contributed by atoms with Crippen LogP contribution >= 0.6 is 11.6 Å². The quantitative estimate of drug-likeness (QED) is 0.443. The molecule has 4 rings (SSSR count). The van der Waals surface area contributed by atoms with Crippen molar-refractivity contribution >= 4 is 45.3 Å². The molecule has 0 radical (unpaired) electrons. The number of nitrogens with one attached hydrogen (secondary N) is 2. The molecular formula is C18H16ClN7O3. The molecule has 0 saturated carbocycles. The standard InChI is InChI=1S/C18H16ClN7O3/c1-9(19)7-8-26-13-14(25(2)18(29)22-16(13)28)21-17(26)24-23-12-10-5-3-4-6-11(10)20-15(12)27/h3-7,20,27H,8H2,1-2H3,(H,22,28,29). The van der Waals surface area contributed by atoms with Gasteiger partial charge >= 0.3 is 5.69 Å². The summed E-state index contributed by atoms with van der Waals surface area (Å²) in [5.41, 5.74) is 0.0921. The summed E-state index contributed by atoms with van der Waals surface area (Å²) in [4.78, 5) is 33.7. The fraction of sp³-hybridized carbons (Fsp3) is 0.167. The molecule has 0 fully saturated rings. The molecule has 1 aromatic carbocycles. The first-order valence-corrected chi connectivity index (χ1v) is 8.98. The van der Waals surface area contributed by atoms with E-state index in [9.17, 15) is 14.7 Å². The summed E-state index contributed by atoms with van der Waals surface area (Å²) < 4.78 is 2.71. The van der Waals surface area contributed by atoms with Crippen LogP contribution in [0.5, 0.6) is 5.88 Å². The van der Waals surface area contributed by atoms with E-state index in [-0.39, 0.29) is 35.2 Å². The van der Waals surface area contributed by atoms with E-state index in [2.05, 4.69) is 25.2 Å². The van der Waals surface area contributed by atoms with Gasteiger partial charge in [-0.3, -0.25) is 18.9 Å². The van der Waals surface area contributed by atoms with Crippen LogP contribution in [0.15, 0.2) is 55.2 Å². The molecular weight excluding hydrogens is 398 g/mol. The predicted molar refractivity (Wildman–Crippen MR) is 109 cm³/mol. The van der Waals surface area contributed by atoms with Gasteiger partial charge in [0.25, 0.3) is 11.5 Å². The molecule has 0 aliphatic rings. The lowest BCUT2D eigenvalue weighted by Gasteiger charge is -2.02. The van der Waals surface area contributed by atoms with Crippen LogP contribution in [0.4, 0.5) is 11.6 Å². The van der Waals surface area contributed by atoms with Crippen LogP contribution < -0.4 is 11.2 Å². The number of H-pyrrole nitrogens is 2. The van der Waals surface area contributed by atoms with Gasteiger partial charge in [-0.15, -0.1) is 10.2 Å². The van der Waals surface area contributed by atoms with Gasteiger partial charge < -0.3 is 10.1 Å². The molecule has 10 nitrogen and oxygen atoms in total. The molecule has 0 atom stereocenters. The Morgan fingerprint density at radius 2 is 2.03 bits per heavy atom. The second-order valence-corrected chi connectivity index (χ2v) is 6.97. The topological polar surface area (TPSA) is 133 Å². The molecule has 4 aromatic rings. The molecule has 3 N–H and O–H groups in total. The second kappa shape index (κ2) is 7.06. The minimum absolute atomic E-state index is 0.0885. The van der Waals surface area contributed by atoms with Crippen LogP contribution in [0.3, 0.4) is 0 Å². The van der Waals surface area contributed by atoms with Crippen LogP contribution in [0.1, 0.15) is 6.92 Å². The monoisotopic (exact) mass is 413 g/mol. The SMILES string of the molecule is CC(Cl)=CCn1c(N=Nc2c(O)[nH]c3ccccc23)nc2c1c(=O)[nH]c(=O)n2C. The van der Waals surface area contributed by atoms with Gasteiger partial charge in [0.05, 0.1) is 5.52 Å². The molecule has 0 bridgehead atoms. The van der Waals surface area contributed by atoms with Gasteiger partial charge in [-0.2, -0.15) is 4.98 Å². The number of allylic oxidation sites excluding steroid dienone is 2. The van der Waals surface area contributed by atoms with Gasteiger partial charge in [0.1, 0.15) is 0 Å². The molecule has 3 heterocycles.